The Morgan fingerprint density at radius 3 is 2.72 bits per heavy atom. The van der Waals surface area contributed by atoms with Crippen LogP contribution in [0.15, 0.2) is 41.3 Å². The Bertz CT molecular complexity index is 1030. The molecule has 1 heterocycles. The van der Waals surface area contributed by atoms with Crippen molar-refractivity contribution >= 4 is 44.3 Å². The molecule has 156 valence electrons. The molecule has 2 aromatic carbocycles. The lowest BCUT2D eigenvalue weighted by Crippen LogP contribution is -2.43. The molecule has 1 atom stereocenters. The zero-order valence-electron chi connectivity index (χ0n) is 15.7. The van der Waals surface area contributed by atoms with Crippen molar-refractivity contribution in [3.8, 4) is 11.5 Å². The highest BCUT2D eigenvalue weighted by molar-refractivity contribution is 14.1. The number of carbonyl (C=O) groups is 1. The monoisotopic (exact) mass is 535 g/mol. The Morgan fingerprint density at radius 2 is 2.03 bits per heavy atom. The Morgan fingerprint density at radius 1 is 1.28 bits per heavy atom. The summed E-state index contributed by atoms with van der Waals surface area (Å²) in [6.45, 7) is 0.00606. The van der Waals surface area contributed by atoms with E-state index in [1.165, 1.54) is 24.6 Å². The molecule has 0 saturated carbocycles. The van der Waals surface area contributed by atoms with Gasteiger partial charge in [-0.15, -0.1) is 0 Å². The number of hydrogen-bond donors (Lipinski definition) is 0. The van der Waals surface area contributed by atoms with Gasteiger partial charge >= 0.3 is 5.97 Å². The average Bonchev–Trinajstić information content (AvgIpc) is 2.71. The van der Waals surface area contributed by atoms with Gasteiger partial charge in [-0.2, -0.15) is 0 Å². The van der Waals surface area contributed by atoms with Gasteiger partial charge in [-0.1, -0.05) is 0 Å². The fourth-order valence-electron chi connectivity index (χ4n) is 2.97. The second-order valence-electron chi connectivity index (χ2n) is 6.30. The number of halogens is 2. The number of nitrogens with zero attached hydrogens (tertiary/aromatic N) is 1. The van der Waals surface area contributed by atoms with E-state index in [0.29, 0.717) is 11.4 Å². The number of sulfonamides is 1. The van der Waals surface area contributed by atoms with Crippen LogP contribution >= 0.6 is 22.6 Å². The summed E-state index contributed by atoms with van der Waals surface area (Å²) in [5.41, 5.74) is 0.384. The molecule has 0 bridgehead atoms. The Kier molecular flexibility index (Phi) is 6.52. The van der Waals surface area contributed by atoms with E-state index in [1.807, 2.05) is 0 Å². The van der Waals surface area contributed by atoms with Gasteiger partial charge in [0.2, 0.25) is 0 Å². The predicted octanol–water partition coefficient (Wildman–Crippen LogP) is 3.35. The topological polar surface area (TPSA) is 82.1 Å². The van der Waals surface area contributed by atoms with E-state index >= 15 is 0 Å². The number of rotatable bonds is 6. The molecule has 7 nitrogen and oxygen atoms in total. The van der Waals surface area contributed by atoms with Gasteiger partial charge in [0.1, 0.15) is 11.9 Å². The van der Waals surface area contributed by atoms with E-state index in [0.717, 1.165) is 15.7 Å². The molecule has 0 amide bonds. The van der Waals surface area contributed by atoms with Gasteiger partial charge in [0.15, 0.2) is 11.6 Å². The van der Waals surface area contributed by atoms with E-state index in [-0.39, 0.29) is 30.0 Å². The minimum atomic E-state index is -4.03. The van der Waals surface area contributed by atoms with Crippen LogP contribution in [0.25, 0.3) is 0 Å². The fourth-order valence-corrected chi connectivity index (χ4v) is 4.96. The normalized spacial score (nSPS) is 16.0. The number of benzene rings is 2. The van der Waals surface area contributed by atoms with Crippen LogP contribution < -0.4 is 13.8 Å². The summed E-state index contributed by atoms with van der Waals surface area (Å²) in [5, 5.41) is 0. The second-order valence-corrected chi connectivity index (χ2v) is 9.41. The maximum Gasteiger partial charge on any atom is 0.305 e. The molecule has 2 aromatic rings. The lowest BCUT2D eigenvalue weighted by atomic mass is 10.1. The summed E-state index contributed by atoms with van der Waals surface area (Å²) in [6.07, 6.45) is -0.158. The van der Waals surface area contributed by atoms with Gasteiger partial charge in [0.25, 0.3) is 10.0 Å². The van der Waals surface area contributed by atoms with Crippen LogP contribution in [-0.2, 0) is 19.6 Å². The molecule has 0 spiro atoms. The van der Waals surface area contributed by atoms with Crippen LogP contribution in [0.3, 0.4) is 0 Å². The van der Waals surface area contributed by atoms with Crippen LogP contribution in [0.5, 0.6) is 11.5 Å². The molecule has 0 saturated heterocycles. The van der Waals surface area contributed by atoms with E-state index in [2.05, 4.69) is 27.3 Å². The van der Waals surface area contributed by atoms with Gasteiger partial charge in [-0.3, -0.25) is 9.10 Å². The van der Waals surface area contributed by atoms with Crippen LogP contribution in [0.4, 0.5) is 10.1 Å². The smallest absolute Gasteiger partial charge is 0.305 e. The molecule has 1 aliphatic heterocycles. The summed E-state index contributed by atoms with van der Waals surface area (Å²) in [5.74, 6) is -0.826. The largest absolute Gasteiger partial charge is 0.494 e. The number of ether oxygens (including phenoxy) is 3. The minimum absolute atomic E-state index is 0.00606. The molecule has 0 fully saturated rings. The first-order valence-corrected chi connectivity index (χ1v) is 11.2. The van der Waals surface area contributed by atoms with Crippen molar-refractivity contribution in [3.05, 3.63) is 45.8 Å². The number of esters is 1. The molecule has 0 aromatic heterocycles. The average molecular weight is 535 g/mol. The first-order chi connectivity index (χ1) is 13.8. The summed E-state index contributed by atoms with van der Waals surface area (Å²) in [7, 11) is -1.47. The van der Waals surface area contributed by atoms with Gasteiger partial charge in [-0.25, -0.2) is 12.8 Å². The highest BCUT2D eigenvalue weighted by atomic mass is 127. The summed E-state index contributed by atoms with van der Waals surface area (Å²) in [4.78, 5) is 11.4. The van der Waals surface area contributed by atoms with Crippen molar-refractivity contribution < 1.29 is 31.8 Å². The molecular formula is C19H19FINO6S. The summed E-state index contributed by atoms with van der Waals surface area (Å²) < 4.78 is 58.1. The quantitative estimate of drug-likeness (QED) is 0.417. The Labute approximate surface area is 181 Å². The van der Waals surface area contributed by atoms with Gasteiger partial charge < -0.3 is 14.2 Å². The third-order valence-corrected chi connectivity index (χ3v) is 6.91. The van der Waals surface area contributed by atoms with Crippen molar-refractivity contribution in [2.24, 2.45) is 0 Å². The number of methoxy groups -OCH3 is 2. The van der Waals surface area contributed by atoms with Crippen molar-refractivity contribution in [1.82, 2.24) is 0 Å². The van der Waals surface area contributed by atoms with E-state index < -0.39 is 27.9 Å². The molecule has 29 heavy (non-hydrogen) atoms. The van der Waals surface area contributed by atoms with Crippen molar-refractivity contribution in [2.75, 3.05) is 25.1 Å². The number of hydrogen-bond acceptors (Lipinski definition) is 6. The van der Waals surface area contributed by atoms with Crippen LogP contribution in [-0.4, -0.2) is 41.3 Å². The van der Waals surface area contributed by atoms with E-state index in [1.54, 1.807) is 18.2 Å². The Balaban J connectivity index is 2.01. The van der Waals surface area contributed by atoms with Gasteiger partial charge in [0.05, 0.1) is 31.3 Å². The zero-order valence-corrected chi connectivity index (χ0v) is 18.7. The van der Waals surface area contributed by atoms with Crippen molar-refractivity contribution in [2.45, 2.75) is 23.8 Å². The van der Waals surface area contributed by atoms with E-state index in [9.17, 15) is 17.6 Å². The number of fused-ring (bicyclic) bond motifs is 1. The highest BCUT2D eigenvalue weighted by Gasteiger charge is 2.35. The standard InChI is InChI=1S/C19H19FINO6S/c1-26-18-10-14(5-6-15(18)20)29(24,25)22-11-13(4-8-19(23)27-2)28-17-7-3-12(21)9-16(17)22/h3,5-7,9-10,13H,4,8,11H2,1-2H3/t13-/m0/s1. The zero-order chi connectivity index (χ0) is 21.2. The first-order valence-electron chi connectivity index (χ1n) is 8.65. The number of anilines is 1. The molecule has 1 aliphatic rings. The predicted molar refractivity (Wildman–Crippen MR) is 112 cm³/mol. The number of carbonyl (C=O) groups excluding carboxylic acids is 1. The SMILES string of the molecule is COC(=O)CC[C@H]1CN(S(=O)(=O)c2ccc(F)c(OC)c2)c2cc(I)ccc2O1. The molecule has 10 heteroatoms. The first kappa shape index (κ1) is 21.6. The van der Waals surface area contributed by atoms with Crippen molar-refractivity contribution in [1.29, 1.82) is 0 Å². The van der Waals surface area contributed by atoms with Gasteiger partial charge in [-0.05, 0) is 59.3 Å². The molecular weight excluding hydrogens is 516 g/mol. The second kappa shape index (κ2) is 8.74. The molecule has 0 unspecified atom stereocenters. The lowest BCUT2D eigenvalue weighted by molar-refractivity contribution is -0.141. The van der Waals surface area contributed by atoms with Gasteiger partial charge in [0, 0.05) is 16.1 Å². The Hall–Kier alpha value is -2.08. The summed E-state index contributed by atoms with van der Waals surface area (Å²) >= 11 is 2.08. The lowest BCUT2D eigenvalue weighted by Gasteiger charge is -2.35. The van der Waals surface area contributed by atoms with E-state index in [4.69, 9.17) is 9.47 Å². The van der Waals surface area contributed by atoms with Crippen molar-refractivity contribution in [3.63, 3.8) is 0 Å². The fraction of sp³-hybridized carbons (Fsp3) is 0.316. The minimum Gasteiger partial charge on any atom is -0.494 e. The summed E-state index contributed by atoms with van der Waals surface area (Å²) in [6, 6.07) is 8.58. The third-order valence-electron chi connectivity index (χ3n) is 4.46. The third kappa shape index (κ3) is 4.58. The molecule has 0 radical (unpaired) electrons. The maximum absolute atomic E-state index is 13.8. The molecule has 0 aliphatic carbocycles. The molecule has 3 rings (SSSR count). The molecule has 0 N–H and O–H groups in total. The van der Waals surface area contributed by atoms with Crippen LogP contribution in [0.2, 0.25) is 0 Å². The maximum atomic E-state index is 13.8. The van der Waals surface area contributed by atoms with Crippen LogP contribution in [0.1, 0.15) is 12.8 Å². The highest BCUT2D eigenvalue weighted by Crippen LogP contribution is 2.39. The van der Waals surface area contributed by atoms with Crippen LogP contribution in [0, 0.1) is 9.39 Å².